The Balaban J connectivity index is 1.73. The molecule has 2 heterocycles. The average molecular weight is 429 g/mol. The highest BCUT2D eigenvalue weighted by atomic mass is 32.2. The van der Waals surface area contributed by atoms with E-state index in [9.17, 15) is 18.0 Å². The van der Waals surface area contributed by atoms with Gasteiger partial charge in [0, 0.05) is 18.0 Å². The second-order valence-corrected chi connectivity index (χ2v) is 11.1. The van der Waals surface area contributed by atoms with Crippen LogP contribution >= 0.6 is 11.3 Å². The molecule has 2 fully saturated rings. The summed E-state index contributed by atoms with van der Waals surface area (Å²) in [7, 11) is -2.26. The van der Waals surface area contributed by atoms with Crippen molar-refractivity contribution < 1.29 is 22.7 Å². The molecule has 1 atom stereocenters. The fraction of sp³-hybridized carbons (Fsp3) is 0.684. The van der Waals surface area contributed by atoms with Gasteiger partial charge >= 0.3 is 5.97 Å². The van der Waals surface area contributed by atoms with Gasteiger partial charge in [-0.25, -0.2) is 13.2 Å². The van der Waals surface area contributed by atoms with Gasteiger partial charge in [0.25, 0.3) is 10.0 Å². The molecule has 0 spiro atoms. The predicted octanol–water partition coefficient (Wildman–Crippen LogP) is 2.45. The highest BCUT2D eigenvalue weighted by Gasteiger charge is 2.44. The molecule has 1 aliphatic carbocycles. The molecule has 28 heavy (non-hydrogen) atoms. The van der Waals surface area contributed by atoms with Crippen LogP contribution in [0.25, 0.3) is 0 Å². The molecule has 0 radical (unpaired) electrons. The van der Waals surface area contributed by atoms with E-state index in [-0.39, 0.29) is 12.5 Å². The van der Waals surface area contributed by atoms with Crippen LogP contribution in [0.3, 0.4) is 0 Å². The summed E-state index contributed by atoms with van der Waals surface area (Å²) in [5, 5.41) is 2.94. The zero-order valence-electron chi connectivity index (χ0n) is 16.4. The number of carbonyl (C=O) groups excluding carboxylic acids is 2. The van der Waals surface area contributed by atoms with Crippen molar-refractivity contribution in [1.29, 1.82) is 0 Å². The second kappa shape index (κ2) is 8.51. The van der Waals surface area contributed by atoms with Crippen LogP contribution in [0.2, 0.25) is 0 Å². The van der Waals surface area contributed by atoms with E-state index >= 15 is 0 Å². The molecule has 1 saturated heterocycles. The van der Waals surface area contributed by atoms with E-state index in [0.717, 1.165) is 24.1 Å². The molecular weight excluding hydrogens is 400 g/mol. The summed E-state index contributed by atoms with van der Waals surface area (Å²) in [5.41, 5.74) is -0.976. The van der Waals surface area contributed by atoms with Crippen molar-refractivity contribution in [1.82, 2.24) is 9.62 Å². The number of hydrogen-bond donors (Lipinski definition) is 1. The topological polar surface area (TPSA) is 92.8 Å². The smallest absolute Gasteiger partial charge is 0.331 e. The standard InChI is InChI=1S/C19H28N2O5S2/c1-14-8-9-16(27-14)28(24,25)21-12-6-7-15(13-21)17(22)20-19(18(23)26-2)10-4-3-5-11-19/h8-9,15H,3-7,10-13H2,1-2H3,(H,20,22)/t15-/m1/s1. The van der Waals surface area contributed by atoms with Gasteiger partial charge in [-0.2, -0.15) is 4.31 Å². The van der Waals surface area contributed by atoms with Crippen molar-refractivity contribution in [3.05, 3.63) is 17.0 Å². The van der Waals surface area contributed by atoms with Crippen LogP contribution in [-0.4, -0.2) is 50.3 Å². The van der Waals surface area contributed by atoms with E-state index in [1.54, 1.807) is 12.1 Å². The summed E-state index contributed by atoms with van der Waals surface area (Å²) >= 11 is 1.24. The zero-order chi connectivity index (χ0) is 20.4. The molecule has 2 aliphatic rings. The first-order chi connectivity index (χ1) is 13.3. The van der Waals surface area contributed by atoms with Crippen molar-refractivity contribution >= 4 is 33.2 Å². The zero-order valence-corrected chi connectivity index (χ0v) is 18.0. The van der Waals surface area contributed by atoms with Gasteiger partial charge in [-0.1, -0.05) is 19.3 Å². The number of hydrogen-bond acceptors (Lipinski definition) is 6. The Morgan fingerprint density at radius 1 is 1.21 bits per heavy atom. The number of ether oxygens (including phenoxy) is 1. The minimum Gasteiger partial charge on any atom is -0.467 e. The van der Waals surface area contributed by atoms with Gasteiger partial charge in [0.05, 0.1) is 13.0 Å². The first-order valence-corrected chi connectivity index (χ1v) is 12.0. The Kier molecular flexibility index (Phi) is 6.46. The molecule has 3 rings (SSSR count). The van der Waals surface area contributed by atoms with Crippen LogP contribution < -0.4 is 5.32 Å². The maximum Gasteiger partial charge on any atom is 0.331 e. The lowest BCUT2D eigenvalue weighted by atomic mass is 9.81. The van der Waals surface area contributed by atoms with Crippen molar-refractivity contribution in [3.8, 4) is 0 Å². The van der Waals surface area contributed by atoms with Crippen molar-refractivity contribution in [3.63, 3.8) is 0 Å². The fourth-order valence-electron chi connectivity index (χ4n) is 4.12. The van der Waals surface area contributed by atoms with E-state index < -0.39 is 27.4 Å². The molecule has 0 bridgehead atoms. The molecule has 1 saturated carbocycles. The number of methoxy groups -OCH3 is 1. The maximum atomic E-state index is 13.0. The number of amides is 1. The van der Waals surface area contributed by atoms with Crippen molar-refractivity contribution in [2.24, 2.45) is 5.92 Å². The quantitative estimate of drug-likeness (QED) is 0.727. The Morgan fingerprint density at radius 3 is 2.54 bits per heavy atom. The number of piperidine rings is 1. The molecule has 7 nitrogen and oxygen atoms in total. The van der Waals surface area contributed by atoms with Gasteiger partial charge in [0.2, 0.25) is 5.91 Å². The number of esters is 1. The largest absolute Gasteiger partial charge is 0.467 e. The van der Waals surface area contributed by atoms with Crippen LogP contribution in [0.5, 0.6) is 0 Å². The van der Waals surface area contributed by atoms with Gasteiger partial charge in [0.15, 0.2) is 0 Å². The SMILES string of the molecule is COC(=O)C1(NC(=O)[C@@H]2CCCN(S(=O)(=O)c3ccc(C)s3)C2)CCCCC1. The van der Waals surface area contributed by atoms with Gasteiger partial charge in [0.1, 0.15) is 9.75 Å². The first kappa shape index (κ1) is 21.3. The lowest BCUT2D eigenvalue weighted by Crippen LogP contribution is -2.58. The normalized spacial score (nSPS) is 23.1. The maximum absolute atomic E-state index is 13.0. The fourth-order valence-corrected chi connectivity index (χ4v) is 7.08. The number of thiophene rings is 1. The Hall–Kier alpha value is -1.45. The Bertz CT molecular complexity index is 827. The molecule has 0 aromatic carbocycles. The molecule has 1 aliphatic heterocycles. The lowest BCUT2D eigenvalue weighted by Gasteiger charge is -2.38. The van der Waals surface area contributed by atoms with Gasteiger partial charge in [-0.3, -0.25) is 4.79 Å². The Morgan fingerprint density at radius 2 is 1.93 bits per heavy atom. The van der Waals surface area contributed by atoms with E-state index in [4.69, 9.17) is 4.74 Å². The molecule has 1 amide bonds. The molecule has 156 valence electrons. The predicted molar refractivity (Wildman–Crippen MR) is 107 cm³/mol. The number of rotatable bonds is 5. The number of aryl methyl sites for hydroxylation is 1. The highest BCUT2D eigenvalue weighted by molar-refractivity contribution is 7.91. The molecule has 0 unspecified atom stereocenters. The summed E-state index contributed by atoms with van der Waals surface area (Å²) in [5.74, 6) is -1.13. The average Bonchev–Trinajstić information content (AvgIpc) is 3.15. The molecule has 1 aromatic rings. The summed E-state index contributed by atoms with van der Waals surface area (Å²) in [6, 6.07) is 3.40. The number of carbonyl (C=O) groups is 2. The summed E-state index contributed by atoms with van der Waals surface area (Å²) in [4.78, 5) is 26.3. The third-order valence-corrected chi connectivity index (χ3v) is 9.04. The van der Waals surface area contributed by atoms with E-state index in [2.05, 4.69) is 5.32 Å². The molecular formula is C19H28N2O5S2. The molecule has 1 N–H and O–H groups in total. The van der Waals surface area contributed by atoms with Crippen LogP contribution in [-0.2, 0) is 24.3 Å². The third kappa shape index (κ3) is 4.26. The molecule has 1 aromatic heterocycles. The minimum absolute atomic E-state index is 0.141. The van der Waals surface area contributed by atoms with E-state index in [1.165, 1.54) is 22.8 Å². The first-order valence-electron chi connectivity index (χ1n) is 9.75. The third-order valence-electron chi connectivity index (χ3n) is 5.71. The number of sulfonamides is 1. The minimum atomic E-state index is -3.60. The number of nitrogens with one attached hydrogen (secondary N) is 1. The highest BCUT2D eigenvalue weighted by Crippen LogP contribution is 2.32. The van der Waals surface area contributed by atoms with Crippen molar-refractivity contribution in [2.45, 2.75) is 61.6 Å². The number of nitrogens with zero attached hydrogens (tertiary/aromatic N) is 1. The monoisotopic (exact) mass is 428 g/mol. The second-order valence-electron chi connectivity index (χ2n) is 7.69. The lowest BCUT2D eigenvalue weighted by molar-refractivity contribution is -0.153. The van der Waals surface area contributed by atoms with Crippen LogP contribution in [0.15, 0.2) is 16.3 Å². The summed E-state index contributed by atoms with van der Waals surface area (Å²) in [6.07, 6.45) is 5.11. The van der Waals surface area contributed by atoms with Crippen LogP contribution in [0, 0.1) is 12.8 Å². The van der Waals surface area contributed by atoms with Gasteiger partial charge in [-0.05, 0) is 44.7 Å². The van der Waals surface area contributed by atoms with Crippen LogP contribution in [0.4, 0.5) is 0 Å². The van der Waals surface area contributed by atoms with E-state index in [1.807, 2.05) is 6.92 Å². The Labute approximate surface area is 170 Å². The molecule has 9 heteroatoms. The van der Waals surface area contributed by atoms with Gasteiger partial charge in [-0.15, -0.1) is 11.3 Å². The summed E-state index contributed by atoms with van der Waals surface area (Å²) < 4.78 is 32.5. The van der Waals surface area contributed by atoms with E-state index in [0.29, 0.717) is 36.4 Å². The van der Waals surface area contributed by atoms with Gasteiger partial charge < -0.3 is 10.1 Å². The van der Waals surface area contributed by atoms with Crippen molar-refractivity contribution in [2.75, 3.05) is 20.2 Å². The summed E-state index contributed by atoms with van der Waals surface area (Å²) in [6.45, 7) is 2.42. The van der Waals surface area contributed by atoms with Crippen LogP contribution in [0.1, 0.15) is 49.8 Å².